The van der Waals surface area contributed by atoms with Crippen LogP contribution in [0.1, 0.15) is 30.6 Å². The van der Waals surface area contributed by atoms with Crippen molar-refractivity contribution in [2.45, 2.75) is 25.5 Å². The lowest BCUT2D eigenvalue weighted by Gasteiger charge is -2.20. The molecule has 0 saturated heterocycles. The average molecular weight is 384 g/mol. The van der Waals surface area contributed by atoms with Crippen LogP contribution in [0.3, 0.4) is 0 Å². The molecule has 7 nitrogen and oxygen atoms in total. The zero-order chi connectivity index (χ0) is 20.5. The number of aliphatic hydroxyl groups is 1. The van der Waals surface area contributed by atoms with Crippen LogP contribution in [0.4, 0.5) is 5.69 Å². The van der Waals surface area contributed by atoms with E-state index in [2.05, 4.69) is 5.32 Å². The van der Waals surface area contributed by atoms with E-state index < -0.39 is 11.0 Å². The third-order valence-corrected chi connectivity index (χ3v) is 4.31. The first-order chi connectivity index (χ1) is 13.4. The number of hydrogen-bond donors (Lipinski definition) is 2. The molecule has 28 heavy (non-hydrogen) atoms. The van der Waals surface area contributed by atoms with Gasteiger partial charge in [-0.3, -0.25) is 14.9 Å². The molecule has 2 aromatic rings. The van der Waals surface area contributed by atoms with Gasteiger partial charge in [0.2, 0.25) is 0 Å². The van der Waals surface area contributed by atoms with Crippen molar-refractivity contribution in [2.24, 2.45) is 0 Å². The average Bonchev–Trinajstić information content (AvgIpc) is 2.71. The second-order valence-electron chi connectivity index (χ2n) is 6.34. The fourth-order valence-electron chi connectivity index (χ4n) is 2.70. The molecular weight excluding hydrogens is 360 g/mol. The van der Waals surface area contributed by atoms with Gasteiger partial charge in [0.25, 0.3) is 0 Å². The minimum absolute atomic E-state index is 0.118. The number of nitrogens with zero attached hydrogens (tertiary/aromatic N) is 1. The van der Waals surface area contributed by atoms with Crippen molar-refractivity contribution in [3.05, 3.63) is 75.8 Å². The second-order valence-corrected chi connectivity index (χ2v) is 6.34. The van der Waals surface area contributed by atoms with E-state index in [-0.39, 0.29) is 29.7 Å². The molecule has 2 N–H and O–H groups in total. The Balaban J connectivity index is 1.85. The van der Waals surface area contributed by atoms with Gasteiger partial charge in [-0.1, -0.05) is 42.5 Å². The molecule has 0 saturated carbocycles. The van der Waals surface area contributed by atoms with Gasteiger partial charge in [-0.05, 0) is 30.2 Å². The summed E-state index contributed by atoms with van der Waals surface area (Å²) in [5.41, 5.74) is 1.21. The molecule has 0 fully saturated rings. The van der Waals surface area contributed by atoms with Crippen LogP contribution in [-0.2, 0) is 4.79 Å². The third kappa shape index (κ3) is 6.00. The molecule has 0 aliphatic heterocycles. The number of ether oxygens (including phenoxy) is 1. The van der Waals surface area contributed by atoms with Crippen LogP contribution in [0.15, 0.2) is 54.6 Å². The molecule has 2 aromatic carbocycles. The molecule has 2 atom stereocenters. The predicted molar refractivity (Wildman–Crippen MR) is 107 cm³/mol. The number of nitrogens with one attached hydrogen (secondary N) is 1. The molecule has 0 radical (unpaired) electrons. The second kappa shape index (κ2) is 10.3. The van der Waals surface area contributed by atoms with Crippen molar-refractivity contribution in [2.75, 3.05) is 13.7 Å². The zero-order valence-corrected chi connectivity index (χ0v) is 15.9. The fraction of sp³-hybridized carbons (Fsp3) is 0.286. The number of ketones is 1. The van der Waals surface area contributed by atoms with Gasteiger partial charge in [0.05, 0.1) is 18.1 Å². The Morgan fingerprint density at radius 3 is 2.64 bits per heavy atom. The van der Waals surface area contributed by atoms with E-state index in [4.69, 9.17) is 4.74 Å². The SMILES string of the molecule is COc1ccc(/C=C/C(=O)CCNC(C)C(O)c2ccccc2)cc1[N+](=O)[O-]. The minimum atomic E-state index is -0.660. The third-order valence-electron chi connectivity index (χ3n) is 4.31. The predicted octanol–water partition coefficient (Wildman–Crippen LogP) is 3.29. The van der Waals surface area contributed by atoms with E-state index in [0.29, 0.717) is 12.1 Å². The number of benzene rings is 2. The number of hydrogen-bond acceptors (Lipinski definition) is 6. The summed E-state index contributed by atoms with van der Waals surface area (Å²) in [5.74, 6) is 0.0519. The zero-order valence-electron chi connectivity index (χ0n) is 15.9. The highest BCUT2D eigenvalue weighted by atomic mass is 16.6. The highest BCUT2D eigenvalue weighted by Gasteiger charge is 2.16. The highest BCUT2D eigenvalue weighted by molar-refractivity contribution is 5.93. The molecule has 7 heteroatoms. The first-order valence-electron chi connectivity index (χ1n) is 8.92. The molecule has 148 valence electrons. The van der Waals surface area contributed by atoms with E-state index >= 15 is 0 Å². The summed E-state index contributed by atoms with van der Waals surface area (Å²) in [6, 6.07) is 13.6. The lowest BCUT2D eigenvalue weighted by molar-refractivity contribution is -0.385. The van der Waals surface area contributed by atoms with Crippen molar-refractivity contribution in [3.63, 3.8) is 0 Å². The number of nitro benzene ring substituents is 1. The van der Waals surface area contributed by atoms with Crippen molar-refractivity contribution < 1.29 is 19.6 Å². The maximum Gasteiger partial charge on any atom is 0.311 e. The monoisotopic (exact) mass is 384 g/mol. The summed E-state index contributed by atoms with van der Waals surface area (Å²) in [6.45, 7) is 2.27. The van der Waals surface area contributed by atoms with Crippen molar-refractivity contribution in [3.8, 4) is 5.75 Å². The summed E-state index contributed by atoms with van der Waals surface area (Å²) >= 11 is 0. The lowest BCUT2D eigenvalue weighted by atomic mass is 10.0. The lowest BCUT2D eigenvalue weighted by Crippen LogP contribution is -2.33. The van der Waals surface area contributed by atoms with Crippen molar-refractivity contribution in [1.29, 1.82) is 0 Å². The maximum atomic E-state index is 12.0. The van der Waals surface area contributed by atoms with Crippen molar-refractivity contribution >= 4 is 17.5 Å². The van der Waals surface area contributed by atoms with E-state index in [0.717, 1.165) is 5.56 Å². The Morgan fingerprint density at radius 1 is 1.29 bits per heavy atom. The number of nitro groups is 1. The van der Waals surface area contributed by atoms with Crippen molar-refractivity contribution in [1.82, 2.24) is 5.32 Å². The summed E-state index contributed by atoms with van der Waals surface area (Å²) in [4.78, 5) is 22.5. The summed E-state index contributed by atoms with van der Waals surface area (Å²) in [5, 5.41) is 24.5. The Hall–Kier alpha value is -3.03. The molecule has 2 unspecified atom stereocenters. The van der Waals surface area contributed by atoms with Crippen LogP contribution in [-0.4, -0.2) is 35.5 Å². The van der Waals surface area contributed by atoms with E-state index in [1.807, 2.05) is 37.3 Å². The van der Waals surface area contributed by atoms with Gasteiger partial charge in [0.1, 0.15) is 0 Å². The summed E-state index contributed by atoms with van der Waals surface area (Å²) < 4.78 is 4.95. The normalized spacial score (nSPS) is 13.2. The van der Waals surface area contributed by atoms with Gasteiger partial charge in [0.15, 0.2) is 11.5 Å². The highest BCUT2D eigenvalue weighted by Crippen LogP contribution is 2.27. The number of methoxy groups -OCH3 is 1. The molecule has 0 bridgehead atoms. The van der Waals surface area contributed by atoms with E-state index in [1.54, 1.807) is 6.07 Å². The Morgan fingerprint density at radius 2 is 2.00 bits per heavy atom. The van der Waals surface area contributed by atoms with Crippen LogP contribution in [0.5, 0.6) is 5.75 Å². The standard InChI is InChI=1S/C21H24N2O5/c1-15(21(25)17-6-4-3-5-7-17)22-13-12-18(24)10-8-16-9-11-20(28-2)19(14-16)23(26)27/h3-11,14-15,21-22,25H,12-13H2,1-2H3/b10-8+. The van der Waals surface area contributed by atoms with Gasteiger partial charge < -0.3 is 15.2 Å². The molecule has 2 rings (SSSR count). The first kappa shape index (κ1) is 21.3. The summed E-state index contributed by atoms with van der Waals surface area (Å²) in [7, 11) is 1.37. The van der Waals surface area contributed by atoms with Crippen LogP contribution < -0.4 is 10.1 Å². The molecule has 0 spiro atoms. The van der Waals surface area contributed by atoms with Gasteiger partial charge >= 0.3 is 5.69 Å². The topological polar surface area (TPSA) is 102 Å². The number of aliphatic hydroxyl groups excluding tert-OH is 1. The Bertz CT molecular complexity index is 836. The summed E-state index contributed by atoms with van der Waals surface area (Å²) in [6.07, 6.45) is 2.52. The van der Waals surface area contributed by atoms with Gasteiger partial charge in [0, 0.05) is 25.1 Å². The Kier molecular flexibility index (Phi) is 7.86. The molecule has 0 aliphatic rings. The molecular formula is C21H24N2O5. The maximum absolute atomic E-state index is 12.0. The first-order valence-corrected chi connectivity index (χ1v) is 8.92. The van der Waals surface area contributed by atoms with Crippen LogP contribution in [0, 0.1) is 10.1 Å². The van der Waals surface area contributed by atoms with Gasteiger partial charge in [-0.25, -0.2) is 0 Å². The quantitative estimate of drug-likeness (QED) is 0.370. The molecule has 0 aromatic heterocycles. The minimum Gasteiger partial charge on any atom is -0.490 e. The largest absolute Gasteiger partial charge is 0.490 e. The number of carbonyl (C=O) groups is 1. The van der Waals surface area contributed by atoms with Crippen LogP contribution in [0.25, 0.3) is 6.08 Å². The molecule has 0 heterocycles. The van der Waals surface area contributed by atoms with Crippen LogP contribution in [0.2, 0.25) is 0 Å². The van der Waals surface area contributed by atoms with Gasteiger partial charge in [-0.2, -0.15) is 0 Å². The molecule has 0 amide bonds. The van der Waals surface area contributed by atoms with E-state index in [1.165, 1.54) is 31.4 Å². The molecule has 0 aliphatic carbocycles. The van der Waals surface area contributed by atoms with Crippen LogP contribution >= 0.6 is 0 Å². The number of carbonyl (C=O) groups excluding carboxylic acids is 1. The number of rotatable bonds is 10. The van der Waals surface area contributed by atoms with E-state index in [9.17, 15) is 20.0 Å². The Labute approximate surface area is 163 Å². The fourth-order valence-corrected chi connectivity index (χ4v) is 2.70. The smallest absolute Gasteiger partial charge is 0.311 e. The van der Waals surface area contributed by atoms with Gasteiger partial charge in [-0.15, -0.1) is 0 Å². The number of allylic oxidation sites excluding steroid dienone is 1.